The van der Waals surface area contributed by atoms with E-state index in [1.807, 2.05) is 0 Å². The summed E-state index contributed by atoms with van der Waals surface area (Å²) in [6.45, 7) is 24.6. The van der Waals surface area contributed by atoms with Crippen molar-refractivity contribution < 1.29 is 13.6 Å². The molecule has 5 heteroatoms. The van der Waals surface area contributed by atoms with E-state index in [1.165, 1.54) is 0 Å². The molecule has 0 radical (unpaired) electrons. The number of carbonyl (C=O) groups excluding carboxylic acids is 1. The summed E-state index contributed by atoms with van der Waals surface area (Å²) >= 11 is 0. The van der Waals surface area contributed by atoms with Gasteiger partial charge in [-0.1, -0.05) is 41.5 Å². The van der Waals surface area contributed by atoms with Gasteiger partial charge in [-0.25, -0.2) is 0 Å². The Morgan fingerprint density at radius 3 is 1.61 bits per heavy atom. The second-order valence-corrected chi connectivity index (χ2v) is 19.3. The maximum absolute atomic E-state index is 11.1. The molecule has 0 saturated heterocycles. The van der Waals surface area contributed by atoms with Crippen LogP contribution in [-0.4, -0.2) is 35.1 Å². The monoisotopic (exact) mass is 360 g/mol. The van der Waals surface area contributed by atoms with Gasteiger partial charge in [0.25, 0.3) is 0 Å². The average Bonchev–Trinajstić information content (AvgIpc) is 2.23. The van der Waals surface area contributed by atoms with Crippen molar-refractivity contribution in [3.63, 3.8) is 0 Å². The number of hydrogen-bond donors (Lipinski definition) is 0. The Kier molecular flexibility index (Phi) is 7.94. The first kappa shape index (κ1) is 23.0. The summed E-state index contributed by atoms with van der Waals surface area (Å²) in [5.41, 5.74) is 0. The van der Waals surface area contributed by atoms with Gasteiger partial charge in [0.2, 0.25) is 0 Å². The fraction of sp³-hybridized carbons (Fsp3) is 0.944. The smallest absolute Gasteiger partial charge is 0.192 e. The Hall–Kier alpha value is 0.0238. The maximum Gasteiger partial charge on any atom is 0.192 e. The van der Waals surface area contributed by atoms with Gasteiger partial charge in [0.05, 0.1) is 6.10 Å². The lowest BCUT2D eigenvalue weighted by molar-refractivity contribution is -0.109. The summed E-state index contributed by atoms with van der Waals surface area (Å²) in [5.74, 6) is 0. The molecule has 0 bridgehead atoms. The Morgan fingerprint density at radius 1 is 0.870 bits per heavy atom. The fourth-order valence-corrected chi connectivity index (χ4v) is 4.83. The van der Waals surface area contributed by atoms with Crippen molar-refractivity contribution in [3.05, 3.63) is 0 Å². The van der Waals surface area contributed by atoms with Crippen LogP contribution in [0.2, 0.25) is 36.3 Å². The molecule has 2 atom stereocenters. The second-order valence-electron chi connectivity index (χ2n) is 9.83. The molecule has 0 rings (SSSR count). The maximum atomic E-state index is 11.1. The van der Waals surface area contributed by atoms with Crippen LogP contribution in [0.3, 0.4) is 0 Å². The van der Waals surface area contributed by atoms with E-state index >= 15 is 0 Å². The highest BCUT2D eigenvalue weighted by Crippen LogP contribution is 2.39. The molecule has 0 heterocycles. The highest BCUT2D eigenvalue weighted by molar-refractivity contribution is 6.74. The molecular formula is C18H40O3Si2. The standard InChI is InChI=1S/C18H40O3Si2/c1-15(20-22(8,9)17(2,3)4)14-16(12-13-19)21-23(10,11)18(5,6)7/h13,15-16H,12,14H2,1-11H3/t15-,16+/m0/s1. The van der Waals surface area contributed by atoms with E-state index in [9.17, 15) is 4.79 Å². The first-order valence-corrected chi connectivity index (χ1v) is 14.6. The second kappa shape index (κ2) is 7.94. The van der Waals surface area contributed by atoms with Gasteiger partial charge in [-0.3, -0.25) is 0 Å². The van der Waals surface area contributed by atoms with E-state index in [2.05, 4.69) is 74.7 Å². The molecule has 0 fully saturated rings. The Morgan fingerprint density at radius 2 is 1.26 bits per heavy atom. The predicted octanol–water partition coefficient (Wildman–Crippen LogP) is 5.77. The highest BCUT2D eigenvalue weighted by atomic mass is 28.4. The molecule has 0 aromatic heterocycles. The van der Waals surface area contributed by atoms with Crippen molar-refractivity contribution in [2.45, 2.75) is 110 Å². The van der Waals surface area contributed by atoms with Crippen molar-refractivity contribution >= 4 is 22.9 Å². The Balaban J connectivity index is 4.93. The van der Waals surface area contributed by atoms with Gasteiger partial charge >= 0.3 is 0 Å². The third-order valence-corrected chi connectivity index (χ3v) is 14.7. The largest absolute Gasteiger partial charge is 0.414 e. The van der Waals surface area contributed by atoms with Crippen molar-refractivity contribution in [2.75, 3.05) is 0 Å². The normalized spacial score (nSPS) is 17.0. The van der Waals surface area contributed by atoms with Crippen LogP contribution in [0.15, 0.2) is 0 Å². The molecular weight excluding hydrogens is 320 g/mol. The molecule has 0 N–H and O–H groups in total. The van der Waals surface area contributed by atoms with Gasteiger partial charge in [0.1, 0.15) is 6.29 Å². The summed E-state index contributed by atoms with van der Waals surface area (Å²) in [6.07, 6.45) is 2.31. The van der Waals surface area contributed by atoms with E-state index in [4.69, 9.17) is 8.85 Å². The summed E-state index contributed by atoms with van der Waals surface area (Å²) in [5, 5.41) is 0.347. The summed E-state index contributed by atoms with van der Waals surface area (Å²) in [4.78, 5) is 11.1. The summed E-state index contributed by atoms with van der Waals surface area (Å²) in [6, 6.07) is 0. The first-order valence-electron chi connectivity index (χ1n) is 8.83. The van der Waals surface area contributed by atoms with Crippen LogP contribution >= 0.6 is 0 Å². The molecule has 0 unspecified atom stereocenters. The first-order chi connectivity index (χ1) is 10.0. The molecule has 0 spiro atoms. The molecule has 0 saturated carbocycles. The van der Waals surface area contributed by atoms with Crippen molar-refractivity contribution in [3.8, 4) is 0 Å². The van der Waals surface area contributed by atoms with Gasteiger partial charge < -0.3 is 13.6 Å². The van der Waals surface area contributed by atoms with E-state index in [0.29, 0.717) is 6.42 Å². The van der Waals surface area contributed by atoms with E-state index in [0.717, 1.165) is 12.7 Å². The van der Waals surface area contributed by atoms with Crippen LogP contribution in [0, 0.1) is 0 Å². The molecule has 23 heavy (non-hydrogen) atoms. The number of hydrogen-bond acceptors (Lipinski definition) is 3. The molecule has 0 aliphatic rings. The molecule has 0 aromatic carbocycles. The average molecular weight is 361 g/mol. The highest BCUT2D eigenvalue weighted by Gasteiger charge is 2.41. The molecule has 3 nitrogen and oxygen atoms in total. The van der Waals surface area contributed by atoms with E-state index < -0.39 is 16.6 Å². The summed E-state index contributed by atoms with van der Waals surface area (Å²) in [7, 11) is -3.66. The zero-order valence-corrected chi connectivity index (χ0v) is 19.4. The zero-order valence-electron chi connectivity index (χ0n) is 17.4. The van der Waals surface area contributed by atoms with Crippen LogP contribution in [0.4, 0.5) is 0 Å². The third-order valence-electron chi connectivity index (χ3n) is 5.52. The Labute approximate surface area is 146 Å². The number of carbonyl (C=O) groups is 1. The van der Waals surface area contributed by atoms with E-state index in [-0.39, 0.29) is 22.3 Å². The quantitative estimate of drug-likeness (QED) is 0.407. The Bertz CT molecular complexity index is 379. The van der Waals surface area contributed by atoms with Crippen LogP contribution in [0.5, 0.6) is 0 Å². The van der Waals surface area contributed by atoms with Crippen LogP contribution in [0.1, 0.15) is 61.3 Å². The van der Waals surface area contributed by atoms with Crippen LogP contribution in [0.25, 0.3) is 0 Å². The van der Waals surface area contributed by atoms with Gasteiger partial charge in [-0.2, -0.15) is 0 Å². The number of rotatable bonds is 8. The van der Waals surface area contributed by atoms with Gasteiger partial charge in [-0.05, 0) is 49.6 Å². The zero-order chi connectivity index (χ0) is 18.7. The minimum atomic E-state index is -1.87. The summed E-state index contributed by atoms with van der Waals surface area (Å²) < 4.78 is 12.9. The molecule has 0 aromatic rings. The molecule has 0 aliphatic heterocycles. The minimum Gasteiger partial charge on any atom is -0.414 e. The number of aldehydes is 1. The van der Waals surface area contributed by atoms with Crippen molar-refractivity contribution in [1.29, 1.82) is 0 Å². The van der Waals surface area contributed by atoms with E-state index in [1.54, 1.807) is 0 Å². The van der Waals surface area contributed by atoms with Gasteiger partial charge in [0, 0.05) is 12.5 Å². The lowest BCUT2D eigenvalue weighted by Gasteiger charge is -2.41. The van der Waals surface area contributed by atoms with Crippen LogP contribution in [-0.2, 0) is 13.6 Å². The van der Waals surface area contributed by atoms with Crippen LogP contribution < -0.4 is 0 Å². The van der Waals surface area contributed by atoms with Gasteiger partial charge in [0.15, 0.2) is 16.6 Å². The molecule has 138 valence electrons. The van der Waals surface area contributed by atoms with Crippen molar-refractivity contribution in [2.24, 2.45) is 0 Å². The predicted molar refractivity (Wildman–Crippen MR) is 105 cm³/mol. The SMILES string of the molecule is C[C@@H](C[C@@H](CC=O)O[Si](C)(C)C(C)(C)C)O[Si](C)(C)C(C)(C)C. The lowest BCUT2D eigenvalue weighted by atomic mass is 10.1. The van der Waals surface area contributed by atoms with Crippen molar-refractivity contribution in [1.82, 2.24) is 0 Å². The minimum absolute atomic E-state index is 0.0341. The molecule has 0 aliphatic carbocycles. The fourth-order valence-electron chi connectivity index (χ4n) is 1.99. The molecule has 0 amide bonds. The topological polar surface area (TPSA) is 35.5 Å². The lowest BCUT2D eigenvalue weighted by Crippen LogP contribution is -2.46. The third kappa shape index (κ3) is 7.20. The van der Waals surface area contributed by atoms with Gasteiger partial charge in [-0.15, -0.1) is 0 Å².